The quantitative estimate of drug-likeness (QED) is 0.812. The molecule has 86 valence electrons. The van der Waals surface area contributed by atoms with E-state index in [1.165, 1.54) is 23.6 Å². The summed E-state index contributed by atoms with van der Waals surface area (Å²) in [5.74, 6) is 0. The van der Waals surface area contributed by atoms with Gasteiger partial charge in [0.1, 0.15) is 0 Å². The molecule has 0 aliphatic heterocycles. The summed E-state index contributed by atoms with van der Waals surface area (Å²) in [5.41, 5.74) is 2.61. The van der Waals surface area contributed by atoms with Crippen LogP contribution in [0.2, 0.25) is 0 Å². The summed E-state index contributed by atoms with van der Waals surface area (Å²) >= 11 is 1.49. The number of H-pyrrole nitrogens is 1. The van der Waals surface area contributed by atoms with Crippen molar-refractivity contribution in [1.82, 2.24) is 19.9 Å². The molecule has 0 spiro atoms. The van der Waals surface area contributed by atoms with Crippen LogP contribution in [0.3, 0.4) is 0 Å². The molecule has 0 saturated heterocycles. The Bertz CT molecular complexity index is 518. The van der Waals surface area contributed by atoms with Crippen LogP contribution in [-0.4, -0.2) is 30.1 Å². The van der Waals surface area contributed by atoms with E-state index in [2.05, 4.69) is 19.9 Å². The molecule has 0 saturated carbocycles. The van der Waals surface area contributed by atoms with Crippen LogP contribution < -0.4 is 4.72 Å². The fourth-order valence-corrected chi connectivity index (χ4v) is 2.68. The second-order valence-electron chi connectivity index (χ2n) is 3.05. The summed E-state index contributed by atoms with van der Waals surface area (Å²) in [7, 11) is -3.46. The number of thiazole rings is 1. The molecule has 0 aliphatic carbocycles. The number of aromatic amines is 1. The van der Waals surface area contributed by atoms with Gasteiger partial charge >= 0.3 is 0 Å². The molecule has 8 heteroatoms. The number of hydrogen-bond acceptors (Lipinski definition) is 5. The molecule has 6 nitrogen and oxygen atoms in total. The Hall–Kier alpha value is -1.25. The first kappa shape index (κ1) is 11.2. The highest BCUT2D eigenvalue weighted by Gasteiger charge is 2.14. The monoisotopic (exact) mass is 258 g/mol. The van der Waals surface area contributed by atoms with Crippen molar-refractivity contribution in [2.75, 3.05) is 6.54 Å². The SMILES string of the molecule is O=S(=O)(NCCc1cscn1)c1ccn[nH]1. The summed E-state index contributed by atoms with van der Waals surface area (Å²) in [6.45, 7) is 0.324. The van der Waals surface area contributed by atoms with Gasteiger partial charge in [0.2, 0.25) is 0 Å². The molecular weight excluding hydrogens is 248 g/mol. The van der Waals surface area contributed by atoms with Crippen molar-refractivity contribution in [2.24, 2.45) is 0 Å². The van der Waals surface area contributed by atoms with Crippen LogP contribution in [0.4, 0.5) is 0 Å². The van der Waals surface area contributed by atoms with Crippen LogP contribution in [0.5, 0.6) is 0 Å². The topological polar surface area (TPSA) is 87.7 Å². The van der Waals surface area contributed by atoms with Gasteiger partial charge in [-0.2, -0.15) is 5.10 Å². The van der Waals surface area contributed by atoms with Crippen LogP contribution in [-0.2, 0) is 16.4 Å². The minimum atomic E-state index is -3.46. The molecule has 0 bridgehead atoms. The first-order valence-electron chi connectivity index (χ1n) is 4.54. The molecule has 0 fully saturated rings. The molecule has 2 rings (SSSR count). The van der Waals surface area contributed by atoms with E-state index in [0.29, 0.717) is 13.0 Å². The predicted molar refractivity (Wildman–Crippen MR) is 59.6 cm³/mol. The van der Waals surface area contributed by atoms with Gasteiger partial charge in [-0.25, -0.2) is 18.1 Å². The van der Waals surface area contributed by atoms with E-state index in [0.717, 1.165) is 5.69 Å². The van der Waals surface area contributed by atoms with E-state index in [1.807, 2.05) is 5.38 Å². The summed E-state index contributed by atoms with van der Waals surface area (Å²) in [6.07, 6.45) is 1.98. The molecule has 0 unspecified atom stereocenters. The van der Waals surface area contributed by atoms with Crippen molar-refractivity contribution in [3.63, 3.8) is 0 Å². The van der Waals surface area contributed by atoms with E-state index in [-0.39, 0.29) is 5.03 Å². The third-order valence-electron chi connectivity index (χ3n) is 1.92. The number of sulfonamides is 1. The van der Waals surface area contributed by atoms with Gasteiger partial charge in [0, 0.05) is 18.3 Å². The van der Waals surface area contributed by atoms with Gasteiger partial charge in [-0.3, -0.25) is 5.10 Å². The van der Waals surface area contributed by atoms with Crippen LogP contribution >= 0.6 is 11.3 Å². The van der Waals surface area contributed by atoms with E-state index in [1.54, 1.807) is 5.51 Å². The molecule has 2 aromatic heterocycles. The van der Waals surface area contributed by atoms with Crippen molar-refractivity contribution >= 4 is 21.4 Å². The molecule has 2 heterocycles. The molecule has 0 aromatic carbocycles. The van der Waals surface area contributed by atoms with Crippen molar-refractivity contribution in [2.45, 2.75) is 11.4 Å². The Labute approximate surface area is 96.8 Å². The maximum Gasteiger partial charge on any atom is 0.257 e. The minimum absolute atomic E-state index is 0.0748. The summed E-state index contributed by atoms with van der Waals surface area (Å²) < 4.78 is 25.7. The third-order valence-corrected chi connectivity index (χ3v) is 3.95. The minimum Gasteiger partial charge on any atom is -0.266 e. The van der Waals surface area contributed by atoms with Gasteiger partial charge < -0.3 is 0 Å². The maximum atomic E-state index is 11.6. The number of aromatic nitrogens is 3. The lowest BCUT2D eigenvalue weighted by molar-refractivity contribution is 0.577. The zero-order valence-electron chi connectivity index (χ0n) is 8.25. The van der Waals surface area contributed by atoms with Gasteiger partial charge in [0.05, 0.1) is 17.4 Å². The maximum absolute atomic E-state index is 11.6. The van der Waals surface area contributed by atoms with Crippen LogP contribution in [0.15, 0.2) is 28.2 Å². The van der Waals surface area contributed by atoms with Gasteiger partial charge in [-0.1, -0.05) is 0 Å². The third kappa shape index (κ3) is 2.65. The summed E-state index contributed by atoms with van der Waals surface area (Å²) in [5, 5.41) is 7.97. The molecule has 0 amide bonds. The van der Waals surface area contributed by atoms with Gasteiger partial charge in [0.25, 0.3) is 10.0 Å². The Balaban J connectivity index is 1.91. The molecule has 2 aromatic rings. The van der Waals surface area contributed by atoms with E-state index < -0.39 is 10.0 Å². The van der Waals surface area contributed by atoms with E-state index in [9.17, 15) is 8.42 Å². The normalized spacial score (nSPS) is 11.8. The second kappa shape index (κ2) is 4.73. The number of hydrogen-bond donors (Lipinski definition) is 2. The number of nitrogens with zero attached hydrogens (tertiary/aromatic N) is 2. The number of nitrogens with one attached hydrogen (secondary N) is 2. The number of rotatable bonds is 5. The molecular formula is C8H10N4O2S2. The zero-order valence-corrected chi connectivity index (χ0v) is 9.88. The summed E-state index contributed by atoms with van der Waals surface area (Å²) in [6, 6.07) is 1.41. The first-order valence-corrected chi connectivity index (χ1v) is 6.97. The Morgan fingerprint density at radius 2 is 2.38 bits per heavy atom. The smallest absolute Gasteiger partial charge is 0.257 e. The van der Waals surface area contributed by atoms with Crippen molar-refractivity contribution < 1.29 is 8.42 Å². The van der Waals surface area contributed by atoms with Gasteiger partial charge in [0.15, 0.2) is 5.03 Å². The zero-order chi connectivity index (χ0) is 11.4. The average molecular weight is 258 g/mol. The molecule has 2 N–H and O–H groups in total. The van der Waals surface area contributed by atoms with E-state index >= 15 is 0 Å². The summed E-state index contributed by atoms with van der Waals surface area (Å²) in [4.78, 5) is 4.06. The largest absolute Gasteiger partial charge is 0.266 e. The van der Waals surface area contributed by atoms with Crippen LogP contribution in [0.1, 0.15) is 5.69 Å². The van der Waals surface area contributed by atoms with Crippen molar-refractivity contribution in [3.05, 3.63) is 28.8 Å². The second-order valence-corrected chi connectivity index (χ2v) is 5.50. The van der Waals surface area contributed by atoms with Gasteiger partial charge in [-0.05, 0) is 6.07 Å². The van der Waals surface area contributed by atoms with Crippen LogP contribution in [0.25, 0.3) is 0 Å². The van der Waals surface area contributed by atoms with Gasteiger partial charge in [-0.15, -0.1) is 11.3 Å². The molecule has 16 heavy (non-hydrogen) atoms. The molecule has 0 aliphatic rings. The predicted octanol–water partition coefficient (Wildman–Crippen LogP) is 0.387. The highest BCUT2D eigenvalue weighted by molar-refractivity contribution is 7.89. The molecule has 0 atom stereocenters. The molecule has 0 radical (unpaired) electrons. The highest BCUT2D eigenvalue weighted by Crippen LogP contribution is 2.04. The lowest BCUT2D eigenvalue weighted by atomic mass is 10.3. The lowest BCUT2D eigenvalue weighted by Crippen LogP contribution is -2.26. The lowest BCUT2D eigenvalue weighted by Gasteiger charge is -2.02. The van der Waals surface area contributed by atoms with Crippen molar-refractivity contribution in [1.29, 1.82) is 0 Å². The fraction of sp³-hybridized carbons (Fsp3) is 0.250. The Morgan fingerprint density at radius 1 is 1.50 bits per heavy atom. The van der Waals surface area contributed by atoms with Crippen LogP contribution in [0, 0.1) is 0 Å². The van der Waals surface area contributed by atoms with E-state index in [4.69, 9.17) is 0 Å². The Kier molecular flexibility index (Phi) is 3.32. The highest BCUT2D eigenvalue weighted by atomic mass is 32.2. The average Bonchev–Trinajstić information content (AvgIpc) is 2.90. The van der Waals surface area contributed by atoms with Crippen molar-refractivity contribution in [3.8, 4) is 0 Å². The Morgan fingerprint density at radius 3 is 3.00 bits per heavy atom. The first-order chi connectivity index (χ1) is 7.68. The fourth-order valence-electron chi connectivity index (χ4n) is 1.15. The standard InChI is InChI=1S/C8H10N4O2S2/c13-16(14,8-2-3-10-12-8)11-4-1-7-5-15-6-9-7/h2-3,5-6,11H,1,4H2,(H,10,12).